The van der Waals surface area contributed by atoms with Crippen LogP contribution in [0.25, 0.3) is 88.0 Å². The Balaban J connectivity index is 1.24. The number of rotatable bonds is 6. The molecule has 0 aliphatic rings. The number of para-hydroxylation sites is 2. The first-order valence-corrected chi connectivity index (χ1v) is 18.7. The summed E-state index contributed by atoms with van der Waals surface area (Å²) in [6, 6.07) is 70.8. The fourth-order valence-electron chi connectivity index (χ4n) is 8.27. The molecule has 3 heteroatoms. The molecular weight excluding hydrogens is 671 g/mol. The molecule has 0 aliphatic heterocycles. The van der Waals surface area contributed by atoms with Gasteiger partial charge in [-0.15, -0.1) is 0 Å². The van der Waals surface area contributed by atoms with Crippen LogP contribution in [-0.4, -0.2) is 0 Å². The van der Waals surface area contributed by atoms with E-state index >= 15 is 0 Å². The summed E-state index contributed by atoms with van der Waals surface area (Å²) in [5.74, 6) is 0. The van der Waals surface area contributed by atoms with Crippen molar-refractivity contribution in [3.05, 3.63) is 200 Å². The van der Waals surface area contributed by atoms with Crippen LogP contribution in [0, 0.1) is 0 Å². The summed E-state index contributed by atoms with van der Waals surface area (Å²) < 4.78 is 13.6. The van der Waals surface area contributed by atoms with Crippen LogP contribution in [-0.2, 0) is 0 Å². The molecule has 2 aromatic heterocycles. The smallest absolute Gasteiger partial charge is 0.159 e. The maximum absolute atomic E-state index is 6.90. The molecule has 0 N–H and O–H groups in total. The van der Waals surface area contributed by atoms with Crippen LogP contribution in [0.4, 0.5) is 17.1 Å². The number of anilines is 3. The lowest BCUT2D eigenvalue weighted by Gasteiger charge is -2.28. The van der Waals surface area contributed by atoms with E-state index in [0.29, 0.717) is 0 Å². The Morgan fingerprint density at radius 3 is 1.56 bits per heavy atom. The number of fused-ring (bicyclic) bond motifs is 8. The zero-order valence-corrected chi connectivity index (χ0v) is 29.8. The molecule has 0 unspecified atom stereocenters. The Hall–Kier alpha value is -7.36. The van der Waals surface area contributed by atoms with Gasteiger partial charge in [0, 0.05) is 38.2 Å². The molecule has 0 aliphatic carbocycles. The van der Waals surface area contributed by atoms with Crippen LogP contribution in [0.3, 0.4) is 0 Å². The van der Waals surface area contributed by atoms with Gasteiger partial charge in [-0.2, -0.15) is 0 Å². The van der Waals surface area contributed by atoms with Crippen LogP contribution in [0.5, 0.6) is 0 Å². The van der Waals surface area contributed by atoms with Crippen molar-refractivity contribution < 1.29 is 8.83 Å². The van der Waals surface area contributed by atoms with Crippen molar-refractivity contribution in [2.45, 2.75) is 0 Å². The molecule has 55 heavy (non-hydrogen) atoms. The second kappa shape index (κ2) is 12.6. The van der Waals surface area contributed by atoms with Gasteiger partial charge in [0.05, 0.1) is 11.4 Å². The van der Waals surface area contributed by atoms with E-state index in [1.54, 1.807) is 0 Å². The molecule has 0 spiro atoms. The van der Waals surface area contributed by atoms with E-state index in [0.717, 1.165) is 83.0 Å². The highest BCUT2D eigenvalue weighted by Gasteiger charge is 2.25. The molecule has 0 saturated heterocycles. The average Bonchev–Trinajstić information content (AvgIpc) is 3.83. The van der Waals surface area contributed by atoms with Gasteiger partial charge < -0.3 is 13.7 Å². The predicted octanol–water partition coefficient (Wildman–Crippen LogP) is 15.1. The number of nitrogens with zero attached hydrogens (tertiary/aromatic N) is 1. The molecule has 0 saturated carbocycles. The van der Waals surface area contributed by atoms with Crippen molar-refractivity contribution in [3.8, 4) is 33.4 Å². The Labute approximate surface area is 317 Å². The minimum atomic E-state index is 0.837. The van der Waals surface area contributed by atoms with Crippen molar-refractivity contribution in [2.75, 3.05) is 4.90 Å². The molecule has 11 rings (SSSR count). The Bertz CT molecular complexity index is 3180. The van der Waals surface area contributed by atoms with E-state index in [1.807, 2.05) is 12.1 Å². The zero-order valence-electron chi connectivity index (χ0n) is 29.8. The molecule has 0 fully saturated rings. The van der Waals surface area contributed by atoms with Crippen LogP contribution in [0.1, 0.15) is 0 Å². The number of hydrogen-bond donors (Lipinski definition) is 0. The van der Waals surface area contributed by atoms with Gasteiger partial charge in [-0.05, 0) is 75.7 Å². The van der Waals surface area contributed by atoms with Crippen LogP contribution < -0.4 is 4.90 Å². The normalized spacial score (nSPS) is 11.6. The van der Waals surface area contributed by atoms with Crippen molar-refractivity contribution in [2.24, 2.45) is 0 Å². The molecule has 0 bridgehead atoms. The Morgan fingerprint density at radius 2 is 0.836 bits per heavy atom. The second-order valence-corrected chi connectivity index (χ2v) is 14.0. The summed E-state index contributed by atoms with van der Waals surface area (Å²) in [5, 5.41) is 6.57. The lowest BCUT2D eigenvalue weighted by molar-refractivity contribution is 0.669. The van der Waals surface area contributed by atoms with Gasteiger partial charge in [-0.25, -0.2) is 0 Å². The first-order chi connectivity index (χ1) is 27.3. The number of benzene rings is 9. The molecule has 2 heterocycles. The SMILES string of the molecule is c1ccc(-c2ccc(N(c3cc4c(cc3-c3ccccc3)oc3c5ccccc5c(-c5ccccc5)cc43)c3cccc4c3oc3ccccc34)cc2)cc1. The average molecular weight is 704 g/mol. The monoisotopic (exact) mass is 703 g/mol. The highest BCUT2D eigenvalue weighted by molar-refractivity contribution is 6.20. The van der Waals surface area contributed by atoms with E-state index < -0.39 is 0 Å². The summed E-state index contributed by atoms with van der Waals surface area (Å²) >= 11 is 0. The van der Waals surface area contributed by atoms with Crippen molar-refractivity contribution in [3.63, 3.8) is 0 Å². The molecule has 3 nitrogen and oxygen atoms in total. The molecule has 9 aromatic carbocycles. The van der Waals surface area contributed by atoms with Crippen molar-refractivity contribution >= 4 is 71.7 Å². The molecular formula is C52H33NO2. The van der Waals surface area contributed by atoms with Gasteiger partial charge in [0.1, 0.15) is 16.7 Å². The summed E-state index contributed by atoms with van der Waals surface area (Å²) in [7, 11) is 0. The third kappa shape index (κ3) is 5.13. The van der Waals surface area contributed by atoms with Gasteiger partial charge in [0.2, 0.25) is 0 Å². The van der Waals surface area contributed by atoms with Gasteiger partial charge in [-0.1, -0.05) is 158 Å². The van der Waals surface area contributed by atoms with Crippen LogP contribution in [0.2, 0.25) is 0 Å². The zero-order chi connectivity index (χ0) is 36.3. The predicted molar refractivity (Wildman–Crippen MR) is 229 cm³/mol. The van der Waals surface area contributed by atoms with Gasteiger partial charge >= 0.3 is 0 Å². The molecule has 11 aromatic rings. The van der Waals surface area contributed by atoms with E-state index in [-0.39, 0.29) is 0 Å². The topological polar surface area (TPSA) is 29.5 Å². The molecule has 0 atom stereocenters. The lowest BCUT2D eigenvalue weighted by Crippen LogP contribution is -2.11. The molecule has 0 radical (unpaired) electrons. The van der Waals surface area contributed by atoms with Crippen molar-refractivity contribution in [1.82, 2.24) is 0 Å². The van der Waals surface area contributed by atoms with E-state index in [2.05, 4.69) is 193 Å². The largest absolute Gasteiger partial charge is 0.455 e. The second-order valence-electron chi connectivity index (χ2n) is 14.0. The lowest BCUT2D eigenvalue weighted by atomic mass is 9.94. The summed E-state index contributed by atoms with van der Waals surface area (Å²) in [4.78, 5) is 2.36. The molecule has 258 valence electrons. The Kier molecular flexibility index (Phi) is 7.17. The fraction of sp³-hybridized carbons (Fsp3) is 0. The summed E-state index contributed by atoms with van der Waals surface area (Å²) in [6.07, 6.45) is 0. The van der Waals surface area contributed by atoms with Gasteiger partial charge in [0.25, 0.3) is 0 Å². The van der Waals surface area contributed by atoms with Crippen LogP contribution in [0.15, 0.2) is 209 Å². The minimum absolute atomic E-state index is 0.837. The van der Waals surface area contributed by atoms with Gasteiger partial charge in [0.15, 0.2) is 5.58 Å². The summed E-state index contributed by atoms with van der Waals surface area (Å²) in [5.41, 5.74) is 13.3. The third-order valence-corrected chi connectivity index (χ3v) is 10.9. The first kappa shape index (κ1) is 31.2. The van der Waals surface area contributed by atoms with E-state index in [1.165, 1.54) is 22.1 Å². The number of hydrogen-bond acceptors (Lipinski definition) is 3. The van der Waals surface area contributed by atoms with Gasteiger partial charge in [-0.3, -0.25) is 0 Å². The fourth-order valence-corrected chi connectivity index (χ4v) is 8.27. The number of furan rings is 2. The van der Waals surface area contributed by atoms with E-state index in [4.69, 9.17) is 8.83 Å². The van der Waals surface area contributed by atoms with Crippen LogP contribution >= 0.6 is 0 Å². The maximum Gasteiger partial charge on any atom is 0.159 e. The summed E-state index contributed by atoms with van der Waals surface area (Å²) in [6.45, 7) is 0. The highest BCUT2D eigenvalue weighted by atomic mass is 16.3. The molecule has 0 amide bonds. The van der Waals surface area contributed by atoms with E-state index in [9.17, 15) is 0 Å². The Morgan fingerprint density at radius 1 is 0.291 bits per heavy atom. The first-order valence-electron chi connectivity index (χ1n) is 18.7. The quantitative estimate of drug-likeness (QED) is 0.173. The minimum Gasteiger partial charge on any atom is -0.455 e. The van der Waals surface area contributed by atoms with Crippen molar-refractivity contribution in [1.29, 1.82) is 0 Å². The maximum atomic E-state index is 6.90. The standard InChI is InChI=1S/C52H33NO2/c1-4-15-34(16-5-1)35-27-29-38(30-28-35)53(47-25-14-24-42-40-22-12-13-26-49(40)54-52(42)47)48-32-45-46-31-43(36-17-6-2-7-18-36)39-21-10-11-23-41(39)51(46)55-50(45)33-44(48)37-19-8-3-9-20-37/h1-33H. The third-order valence-electron chi connectivity index (χ3n) is 10.9. The highest BCUT2D eigenvalue weighted by Crippen LogP contribution is 2.49.